The van der Waals surface area contributed by atoms with Gasteiger partial charge < -0.3 is 9.64 Å². The Morgan fingerprint density at radius 1 is 1.32 bits per heavy atom. The molecule has 2 amide bonds. The maximum atomic E-state index is 12.9. The van der Waals surface area contributed by atoms with Crippen LogP contribution in [0.1, 0.15) is 31.4 Å². The summed E-state index contributed by atoms with van der Waals surface area (Å²) in [6.07, 6.45) is 6.61. The van der Waals surface area contributed by atoms with E-state index in [1.807, 2.05) is 0 Å². The highest BCUT2D eigenvalue weighted by Gasteiger charge is 2.28. The van der Waals surface area contributed by atoms with Crippen LogP contribution in [0.25, 0.3) is 0 Å². The van der Waals surface area contributed by atoms with Gasteiger partial charge in [0.1, 0.15) is 11.3 Å². The minimum atomic E-state index is -0.368. The summed E-state index contributed by atoms with van der Waals surface area (Å²) in [5, 5.41) is 7.36. The second kappa shape index (κ2) is 7.35. The maximum absolute atomic E-state index is 12.9. The summed E-state index contributed by atoms with van der Waals surface area (Å²) in [6, 6.07) is 0. The molecule has 1 N–H and O–H groups in total. The number of ether oxygens (including phenoxy) is 1. The van der Waals surface area contributed by atoms with Gasteiger partial charge in [-0.05, 0) is 0 Å². The average molecular weight is 399 g/mol. The fourth-order valence-electron chi connectivity index (χ4n) is 2.94. The number of hydrogen-bond donors (Lipinski definition) is 1. The number of aromatic nitrogens is 5. The molecule has 0 saturated carbocycles. The lowest BCUT2D eigenvalue weighted by Crippen LogP contribution is -2.35. The second-order valence-electron chi connectivity index (χ2n) is 6.14. The fraction of sp³-hybridized carbons (Fsp3) is 0.294. The molecule has 0 fully saturated rings. The summed E-state index contributed by atoms with van der Waals surface area (Å²) < 4.78 is 6.74. The van der Waals surface area contributed by atoms with E-state index in [4.69, 9.17) is 4.74 Å². The van der Waals surface area contributed by atoms with Gasteiger partial charge in [-0.3, -0.25) is 24.6 Å². The zero-order valence-electron chi connectivity index (χ0n) is 15.2. The Bertz CT molecular complexity index is 1030. The van der Waals surface area contributed by atoms with Gasteiger partial charge >= 0.3 is 0 Å². The third-order valence-corrected chi connectivity index (χ3v) is 5.25. The van der Waals surface area contributed by atoms with Crippen molar-refractivity contribution in [3.8, 4) is 5.88 Å². The largest absolute Gasteiger partial charge is 0.479 e. The Hall–Kier alpha value is -3.34. The van der Waals surface area contributed by atoms with Gasteiger partial charge in [0.2, 0.25) is 5.88 Å². The van der Waals surface area contributed by atoms with Gasteiger partial charge in [-0.1, -0.05) is 11.3 Å². The fourth-order valence-corrected chi connectivity index (χ4v) is 3.95. The van der Waals surface area contributed by atoms with Crippen LogP contribution in [0.15, 0.2) is 24.8 Å². The summed E-state index contributed by atoms with van der Waals surface area (Å²) in [4.78, 5) is 40.1. The quantitative estimate of drug-likeness (QED) is 0.699. The molecule has 11 heteroatoms. The van der Waals surface area contributed by atoms with Crippen molar-refractivity contribution < 1.29 is 14.3 Å². The molecule has 0 bridgehead atoms. The molecule has 0 aliphatic carbocycles. The van der Waals surface area contributed by atoms with Crippen LogP contribution in [0.5, 0.6) is 5.88 Å². The number of nitrogens with zero attached hydrogens (tertiary/aromatic N) is 6. The lowest BCUT2D eigenvalue weighted by molar-refractivity contribution is 0.0732. The summed E-state index contributed by atoms with van der Waals surface area (Å²) in [5.74, 6) is -0.208. The molecular weight excluding hydrogens is 382 g/mol. The number of nitrogens with one attached hydrogen (secondary N) is 1. The molecule has 28 heavy (non-hydrogen) atoms. The lowest BCUT2D eigenvalue weighted by atomic mass is 10.1. The van der Waals surface area contributed by atoms with Crippen LogP contribution < -0.4 is 10.1 Å². The van der Waals surface area contributed by atoms with Crippen molar-refractivity contribution in [2.75, 3.05) is 19.0 Å². The zero-order chi connectivity index (χ0) is 19.7. The van der Waals surface area contributed by atoms with Gasteiger partial charge in [-0.2, -0.15) is 0 Å². The van der Waals surface area contributed by atoms with E-state index in [0.29, 0.717) is 36.1 Å². The van der Waals surface area contributed by atoms with Crippen molar-refractivity contribution in [1.29, 1.82) is 0 Å². The molecule has 0 aromatic carbocycles. The van der Waals surface area contributed by atoms with Gasteiger partial charge in [0, 0.05) is 43.5 Å². The van der Waals surface area contributed by atoms with Crippen molar-refractivity contribution in [2.24, 2.45) is 7.05 Å². The number of methoxy groups -OCH3 is 1. The van der Waals surface area contributed by atoms with Crippen LogP contribution >= 0.6 is 11.3 Å². The highest BCUT2D eigenvalue weighted by Crippen LogP contribution is 2.30. The van der Waals surface area contributed by atoms with Crippen molar-refractivity contribution >= 4 is 28.3 Å². The molecule has 0 unspecified atom stereocenters. The molecule has 10 nitrogen and oxygen atoms in total. The van der Waals surface area contributed by atoms with E-state index in [2.05, 4.69) is 25.4 Å². The highest BCUT2D eigenvalue weighted by molar-refractivity contribution is 7.15. The molecule has 0 saturated heterocycles. The van der Waals surface area contributed by atoms with E-state index in [0.717, 1.165) is 10.6 Å². The van der Waals surface area contributed by atoms with Crippen molar-refractivity contribution in [1.82, 2.24) is 29.6 Å². The number of rotatable bonds is 4. The number of anilines is 1. The number of aryl methyl sites for hydroxylation is 1. The smallest absolute Gasteiger partial charge is 0.277 e. The number of carbonyl (C=O) groups is 2. The first-order valence-corrected chi connectivity index (χ1v) is 9.29. The van der Waals surface area contributed by atoms with Crippen molar-refractivity contribution in [3.05, 3.63) is 46.6 Å². The van der Waals surface area contributed by atoms with Crippen LogP contribution in [-0.4, -0.2) is 55.1 Å². The molecule has 1 aliphatic rings. The molecule has 4 heterocycles. The molecule has 0 spiro atoms. The predicted molar refractivity (Wildman–Crippen MR) is 100 cm³/mol. The van der Waals surface area contributed by atoms with E-state index >= 15 is 0 Å². The van der Waals surface area contributed by atoms with Crippen LogP contribution in [-0.2, 0) is 20.0 Å². The van der Waals surface area contributed by atoms with E-state index in [1.54, 1.807) is 22.8 Å². The standard InChI is InChI=1S/C17H17N7O3S/c1-23-8-10(15(22-23)27-2)16(26)24-6-3-11-13(9-24)28-17(20-11)21-14(25)12-7-18-4-5-19-12/h4-5,7-8H,3,6,9H2,1-2H3,(H,20,21,25). The van der Waals surface area contributed by atoms with E-state index in [1.165, 1.54) is 37.0 Å². The normalized spacial score (nSPS) is 13.1. The van der Waals surface area contributed by atoms with E-state index < -0.39 is 0 Å². The number of thiazole rings is 1. The first-order valence-electron chi connectivity index (χ1n) is 8.48. The minimum Gasteiger partial charge on any atom is -0.479 e. The van der Waals surface area contributed by atoms with Gasteiger partial charge in [0.05, 0.1) is 25.5 Å². The molecule has 144 valence electrons. The second-order valence-corrected chi connectivity index (χ2v) is 7.22. The maximum Gasteiger partial charge on any atom is 0.277 e. The number of fused-ring (bicyclic) bond motifs is 1. The Balaban J connectivity index is 1.49. The Morgan fingerprint density at radius 3 is 2.93 bits per heavy atom. The first-order chi connectivity index (χ1) is 13.5. The molecule has 3 aromatic heterocycles. The van der Waals surface area contributed by atoms with Gasteiger partial charge in [0.15, 0.2) is 5.13 Å². The molecule has 0 radical (unpaired) electrons. The Morgan fingerprint density at radius 2 is 2.18 bits per heavy atom. The number of carbonyl (C=O) groups excluding carboxylic acids is 2. The predicted octanol–water partition coefficient (Wildman–Crippen LogP) is 1.13. The summed E-state index contributed by atoms with van der Waals surface area (Å²) in [6.45, 7) is 0.954. The number of hydrogen-bond acceptors (Lipinski definition) is 8. The average Bonchev–Trinajstić information content (AvgIpc) is 3.29. The third kappa shape index (κ3) is 3.43. The molecule has 3 aromatic rings. The SMILES string of the molecule is COc1nn(C)cc1C(=O)N1CCc2nc(NC(=O)c3cnccn3)sc2C1. The molecule has 1 aliphatic heterocycles. The van der Waals surface area contributed by atoms with Crippen LogP contribution in [0.2, 0.25) is 0 Å². The van der Waals surface area contributed by atoms with Crippen molar-refractivity contribution in [2.45, 2.75) is 13.0 Å². The Labute approximate surface area is 164 Å². The topological polar surface area (TPSA) is 115 Å². The summed E-state index contributed by atoms with van der Waals surface area (Å²) >= 11 is 1.35. The first kappa shape index (κ1) is 18.0. The monoisotopic (exact) mass is 399 g/mol. The highest BCUT2D eigenvalue weighted by atomic mass is 32.1. The minimum absolute atomic E-state index is 0.144. The van der Waals surface area contributed by atoms with E-state index in [-0.39, 0.29) is 17.5 Å². The van der Waals surface area contributed by atoms with Crippen LogP contribution in [0.4, 0.5) is 5.13 Å². The van der Waals surface area contributed by atoms with E-state index in [9.17, 15) is 9.59 Å². The van der Waals surface area contributed by atoms with Crippen LogP contribution in [0.3, 0.4) is 0 Å². The lowest BCUT2D eigenvalue weighted by Gasteiger charge is -2.25. The van der Waals surface area contributed by atoms with Gasteiger partial charge in [0.25, 0.3) is 11.8 Å². The van der Waals surface area contributed by atoms with Crippen molar-refractivity contribution in [3.63, 3.8) is 0 Å². The van der Waals surface area contributed by atoms with Gasteiger partial charge in [-0.25, -0.2) is 9.97 Å². The molecule has 4 rings (SSSR count). The Kier molecular flexibility index (Phi) is 4.74. The van der Waals surface area contributed by atoms with Crippen LogP contribution in [0, 0.1) is 0 Å². The number of amides is 2. The molecular formula is C17H17N7O3S. The molecule has 0 atom stereocenters. The zero-order valence-corrected chi connectivity index (χ0v) is 16.1. The third-order valence-electron chi connectivity index (χ3n) is 4.25. The summed E-state index contributed by atoms with van der Waals surface area (Å²) in [5.41, 5.74) is 1.53. The summed E-state index contributed by atoms with van der Waals surface area (Å²) in [7, 11) is 3.23. The van der Waals surface area contributed by atoms with Gasteiger partial charge in [-0.15, -0.1) is 5.10 Å².